The summed E-state index contributed by atoms with van der Waals surface area (Å²) in [6.07, 6.45) is 2.51. The van der Waals surface area contributed by atoms with Crippen LogP contribution in [0.15, 0.2) is 0 Å². The second-order valence-electron chi connectivity index (χ2n) is 3.05. The van der Waals surface area contributed by atoms with Crippen molar-refractivity contribution in [2.24, 2.45) is 0 Å². The fourth-order valence-electron chi connectivity index (χ4n) is 1.30. The number of hydrogen-bond acceptors (Lipinski definition) is 3. The Morgan fingerprint density at radius 2 is 1.58 bits per heavy atom. The monoisotopic (exact) mass is 195 g/mol. The summed E-state index contributed by atoms with van der Waals surface area (Å²) in [6.45, 7) is 7.46. The summed E-state index contributed by atoms with van der Waals surface area (Å²) in [4.78, 5) is 19.5. The SMILES string of the molecule is CCCC[PH](O)(O)N(CC)CC. The fourth-order valence-corrected chi connectivity index (χ4v) is 3.46. The molecule has 0 unspecified atom stereocenters. The summed E-state index contributed by atoms with van der Waals surface area (Å²) in [5, 5.41) is 0. The van der Waals surface area contributed by atoms with E-state index in [4.69, 9.17) is 0 Å². The van der Waals surface area contributed by atoms with Crippen molar-refractivity contribution in [2.45, 2.75) is 33.6 Å². The Hall–Kier alpha value is 0.310. The van der Waals surface area contributed by atoms with E-state index in [1.807, 2.05) is 13.8 Å². The van der Waals surface area contributed by atoms with Crippen LogP contribution in [0.4, 0.5) is 0 Å². The standard InChI is InChI=1S/C8H22NO2P/c1-4-7-8-12(10,11)9(5-2)6-3/h10-12H,4-8H2,1-3H3. The topological polar surface area (TPSA) is 43.7 Å². The molecule has 0 bridgehead atoms. The van der Waals surface area contributed by atoms with E-state index in [1.54, 1.807) is 4.67 Å². The van der Waals surface area contributed by atoms with Gasteiger partial charge in [0.25, 0.3) is 0 Å². The molecule has 0 aliphatic rings. The van der Waals surface area contributed by atoms with Crippen LogP contribution < -0.4 is 0 Å². The first kappa shape index (κ1) is 12.3. The third kappa shape index (κ3) is 3.81. The van der Waals surface area contributed by atoms with E-state index in [0.717, 1.165) is 25.9 Å². The molecule has 2 N–H and O–H groups in total. The van der Waals surface area contributed by atoms with Crippen LogP contribution in [0.3, 0.4) is 0 Å². The van der Waals surface area contributed by atoms with Gasteiger partial charge >= 0.3 is 75.2 Å². The molecule has 0 saturated heterocycles. The minimum atomic E-state index is -3.02. The Balaban J connectivity index is 3.96. The molecule has 0 aromatic rings. The van der Waals surface area contributed by atoms with Crippen LogP contribution in [0.2, 0.25) is 0 Å². The van der Waals surface area contributed by atoms with Crippen LogP contribution in [-0.2, 0) is 0 Å². The molecule has 0 aromatic heterocycles. The second kappa shape index (κ2) is 5.87. The van der Waals surface area contributed by atoms with E-state index in [0.29, 0.717) is 6.16 Å². The predicted molar refractivity (Wildman–Crippen MR) is 55.4 cm³/mol. The zero-order valence-electron chi connectivity index (χ0n) is 8.38. The van der Waals surface area contributed by atoms with Crippen molar-refractivity contribution in [3.8, 4) is 0 Å². The van der Waals surface area contributed by atoms with E-state index < -0.39 is 7.87 Å². The molecule has 0 atom stereocenters. The molecule has 0 aliphatic carbocycles. The molecule has 0 spiro atoms. The molecular formula is C8H22NO2P. The molecule has 76 valence electrons. The number of nitrogens with zero attached hydrogens (tertiary/aromatic N) is 1. The Bertz CT molecular complexity index is 116. The average molecular weight is 195 g/mol. The molecule has 0 saturated carbocycles. The zero-order valence-corrected chi connectivity index (χ0v) is 9.38. The van der Waals surface area contributed by atoms with E-state index in [2.05, 4.69) is 6.92 Å². The Labute approximate surface area is 76.0 Å². The second-order valence-corrected chi connectivity index (χ2v) is 5.73. The van der Waals surface area contributed by atoms with Gasteiger partial charge in [-0.15, -0.1) is 0 Å². The average Bonchev–Trinajstić information content (AvgIpc) is 2.03. The number of unbranched alkanes of at least 4 members (excludes halogenated alkanes) is 1. The van der Waals surface area contributed by atoms with Crippen molar-refractivity contribution in [1.82, 2.24) is 4.67 Å². The van der Waals surface area contributed by atoms with Gasteiger partial charge in [0.05, 0.1) is 0 Å². The summed E-state index contributed by atoms with van der Waals surface area (Å²) in [7, 11) is -3.02. The molecule has 0 heterocycles. The maximum absolute atomic E-state index is 9.73. The predicted octanol–water partition coefficient (Wildman–Crippen LogP) is 1.61. The van der Waals surface area contributed by atoms with Gasteiger partial charge in [0.2, 0.25) is 0 Å². The summed E-state index contributed by atoms with van der Waals surface area (Å²) in [5.41, 5.74) is 0. The van der Waals surface area contributed by atoms with Gasteiger partial charge in [-0.2, -0.15) is 0 Å². The summed E-state index contributed by atoms with van der Waals surface area (Å²) >= 11 is 0. The van der Waals surface area contributed by atoms with Gasteiger partial charge in [-0.3, -0.25) is 0 Å². The molecule has 4 heteroatoms. The first-order valence-electron chi connectivity index (χ1n) is 4.78. The maximum atomic E-state index is 9.73. The van der Waals surface area contributed by atoms with Gasteiger partial charge in [0, 0.05) is 0 Å². The fraction of sp³-hybridized carbons (Fsp3) is 1.00. The number of hydrogen-bond donors (Lipinski definition) is 2. The van der Waals surface area contributed by atoms with Crippen LogP contribution in [0.1, 0.15) is 33.6 Å². The Kier molecular flexibility index (Phi) is 6.02. The van der Waals surface area contributed by atoms with Crippen molar-refractivity contribution >= 4 is 7.87 Å². The molecule has 0 aliphatic heterocycles. The van der Waals surface area contributed by atoms with Crippen LogP contribution >= 0.6 is 7.87 Å². The van der Waals surface area contributed by atoms with Crippen molar-refractivity contribution in [3.05, 3.63) is 0 Å². The van der Waals surface area contributed by atoms with E-state index in [9.17, 15) is 9.79 Å². The van der Waals surface area contributed by atoms with Gasteiger partial charge < -0.3 is 0 Å². The van der Waals surface area contributed by atoms with Crippen LogP contribution in [-0.4, -0.2) is 33.7 Å². The van der Waals surface area contributed by atoms with Gasteiger partial charge in [-0.05, 0) is 0 Å². The normalized spacial score (nSPS) is 13.8. The van der Waals surface area contributed by atoms with E-state index in [-0.39, 0.29) is 0 Å². The summed E-state index contributed by atoms with van der Waals surface area (Å²) in [6, 6.07) is 0. The van der Waals surface area contributed by atoms with Crippen molar-refractivity contribution in [1.29, 1.82) is 0 Å². The molecule has 12 heavy (non-hydrogen) atoms. The Morgan fingerprint density at radius 3 is 1.92 bits per heavy atom. The molecule has 3 nitrogen and oxygen atoms in total. The van der Waals surface area contributed by atoms with E-state index >= 15 is 0 Å². The van der Waals surface area contributed by atoms with Crippen LogP contribution in [0, 0.1) is 0 Å². The van der Waals surface area contributed by atoms with E-state index in [1.165, 1.54) is 0 Å². The molecular weight excluding hydrogens is 173 g/mol. The molecule has 0 fully saturated rings. The van der Waals surface area contributed by atoms with Gasteiger partial charge in [0.1, 0.15) is 0 Å². The first-order chi connectivity index (χ1) is 5.58. The molecule has 0 rings (SSSR count). The van der Waals surface area contributed by atoms with Crippen LogP contribution in [0.25, 0.3) is 0 Å². The number of rotatable bonds is 6. The summed E-state index contributed by atoms with van der Waals surface area (Å²) < 4.78 is 1.79. The quantitative estimate of drug-likeness (QED) is 0.633. The third-order valence-electron chi connectivity index (χ3n) is 2.14. The van der Waals surface area contributed by atoms with Crippen molar-refractivity contribution < 1.29 is 9.79 Å². The van der Waals surface area contributed by atoms with Crippen molar-refractivity contribution in [2.75, 3.05) is 19.3 Å². The molecule has 0 aromatic carbocycles. The third-order valence-corrected chi connectivity index (χ3v) is 4.81. The summed E-state index contributed by atoms with van der Waals surface area (Å²) in [5.74, 6) is 0. The minimum absolute atomic E-state index is 0.575. The van der Waals surface area contributed by atoms with Gasteiger partial charge in [0.15, 0.2) is 0 Å². The van der Waals surface area contributed by atoms with Crippen LogP contribution in [0.5, 0.6) is 0 Å². The zero-order chi connectivity index (χ0) is 9.61. The van der Waals surface area contributed by atoms with Crippen molar-refractivity contribution in [3.63, 3.8) is 0 Å². The molecule has 0 amide bonds. The van der Waals surface area contributed by atoms with Gasteiger partial charge in [-0.1, -0.05) is 0 Å². The Morgan fingerprint density at radius 1 is 1.08 bits per heavy atom. The van der Waals surface area contributed by atoms with Gasteiger partial charge in [-0.25, -0.2) is 0 Å². The molecule has 0 radical (unpaired) electrons. The first-order valence-corrected chi connectivity index (χ1v) is 6.83.